The highest BCUT2D eigenvalue weighted by atomic mass is 16.6. The van der Waals surface area contributed by atoms with E-state index in [0.717, 1.165) is 77.0 Å². The van der Waals surface area contributed by atoms with Crippen molar-refractivity contribution in [2.45, 2.75) is 374 Å². The molecule has 0 saturated heterocycles. The molecule has 0 aliphatic heterocycles. The van der Waals surface area contributed by atoms with E-state index in [-0.39, 0.29) is 31.1 Å². The van der Waals surface area contributed by atoms with Gasteiger partial charge in [-0.05, 0) is 77.0 Å². The minimum Gasteiger partial charge on any atom is -0.462 e. The Morgan fingerprint density at radius 3 is 0.773 bits per heavy atom. The molecule has 1 atom stereocenters. The van der Waals surface area contributed by atoms with Crippen LogP contribution in [0.3, 0.4) is 0 Å². The van der Waals surface area contributed by atoms with Crippen molar-refractivity contribution in [3.63, 3.8) is 0 Å². The minimum absolute atomic E-state index is 0.0740. The monoisotopic (exact) mass is 1050 g/mol. The second-order valence-corrected chi connectivity index (χ2v) is 22.7. The third-order valence-electron chi connectivity index (χ3n) is 15.1. The molecule has 6 heteroatoms. The lowest BCUT2D eigenvalue weighted by atomic mass is 10.0. The summed E-state index contributed by atoms with van der Waals surface area (Å²) in [6, 6.07) is 0. The Labute approximate surface area is 467 Å². The van der Waals surface area contributed by atoms with Gasteiger partial charge < -0.3 is 14.2 Å². The first-order valence-electron chi connectivity index (χ1n) is 33.5. The predicted molar refractivity (Wildman–Crippen MR) is 326 cm³/mol. The molecule has 1 unspecified atom stereocenters. The maximum Gasteiger partial charge on any atom is 0.306 e. The average Bonchev–Trinajstić information content (AvgIpc) is 3.41. The highest BCUT2D eigenvalue weighted by molar-refractivity contribution is 5.71. The van der Waals surface area contributed by atoms with Gasteiger partial charge in [-0.15, -0.1) is 0 Å². The molecular weight excluding hydrogens is 925 g/mol. The van der Waals surface area contributed by atoms with Gasteiger partial charge in [0.05, 0.1) is 0 Å². The summed E-state index contributed by atoms with van der Waals surface area (Å²) in [5.41, 5.74) is 0. The average molecular weight is 1050 g/mol. The van der Waals surface area contributed by atoms with Gasteiger partial charge in [-0.2, -0.15) is 0 Å². The molecule has 0 fully saturated rings. The van der Waals surface area contributed by atoms with Crippen LogP contribution in [0.4, 0.5) is 0 Å². The zero-order valence-electron chi connectivity index (χ0n) is 50.6. The molecule has 0 aromatic carbocycles. The maximum absolute atomic E-state index is 12.9. The Morgan fingerprint density at radius 2 is 0.480 bits per heavy atom. The number of rotatable bonds is 62. The van der Waals surface area contributed by atoms with Crippen LogP contribution >= 0.6 is 0 Å². The summed E-state index contributed by atoms with van der Waals surface area (Å²) in [5.74, 6) is -0.869. The number of hydrogen-bond acceptors (Lipinski definition) is 6. The highest BCUT2D eigenvalue weighted by Gasteiger charge is 2.19. The van der Waals surface area contributed by atoms with Crippen molar-refractivity contribution < 1.29 is 28.6 Å². The van der Waals surface area contributed by atoms with Gasteiger partial charge in [-0.25, -0.2) is 0 Å². The molecule has 0 aromatic rings. The van der Waals surface area contributed by atoms with Crippen molar-refractivity contribution in [3.8, 4) is 0 Å². The first-order chi connectivity index (χ1) is 37.0. The maximum atomic E-state index is 12.9. The van der Waals surface area contributed by atoms with Crippen LogP contribution in [-0.2, 0) is 28.6 Å². The van der Waals surface area contributed by atoms with E-state index in [1.807, 2.05) is 0 Å². The highest BCUT2D eigenvalue weighted by Crippen LogP contribution is 2.18. The second-order valence-electron chi connectivity index (χ2n) is 22.7. The van der Waals surface area contributed by atoms with Gasteiger partial charge in [0, 0.05) is 19.3 Å². The Bertz CT molecular complexity index is 1250. The van der Waals surface area contributed by atoms with E-state index in [4.69, 9.17) is 14.2 Å². The van der Waals surface area contributed by atoms with E-state index in [9.17, 15) is 14.4 Å². The van der Waals surface area contributed by atoms with E-state index >= 15 is 0 Å². The first-order valence-corrected chi connectivity index (χ1v) is 33.5. The van der Waals surface area contributed by atoms with Crippen LogP contribution in [0.1, 0.15) is 367 Å². The standard InChI is InChI=1S/C69H128O6/c1-4-7-10-13-16-19-22-25-27-29-30-31-32-33-34-35-36-37-38-39-41-42-44-47-50-53-56-59-62-68(71)74-65-66(64-73-67(70)61-58-55-52-49-46-24-21-18-15-12-9-6-3)75-69(72)63-60-57-54-51-48-45-43-40-28-26-23-20-17-14-11-8-5-2/h17-18,20-21,26,28,66H,4-16,19,22-25,27,29-65H2,1-3H3/b20-17-,21-18-,28-26-. The number of carbonyl (C=O) groups is 3. The number of carbonyl (C=O) groups excluding carboxylic acids is 3. The molecule has 0 N–H and O–H groups in total. The van der Waals surface area contributed by atoms with E-state index in [0.29, 0.717) is 19.3 Å². The number of allylic oxidation sites excluding steroid dienone is 6. The zero-order valence-corrected chi connectivity index (χ0v) is 50.6. The van der Waals surface area contributed by atoms with E-state index in [1.165, 1.54) is 250 Å². The summed E-state index contributed by atoms with van der Waals surface area (Å²) in [5, 5.41) is 0. The van der Waals surface area contributed by atoms with Crippen molar-refractivity contribution in [2.24, 2.45) is 0 Å². The topological polar surface area (TPSA) is 78.9 Å². The number of ether oxygens (including phenoxy) is 3. The van der Waals surface area contributed by atoms with Gasteiger partial charge in [-0.1, -0.05) is 308 Å². The van der Waals surface area contributed by atoms with Gasteiger partial charge in [0.15, 0.2) is 6.10 Å². The molecule has 0 aliphatic rings. The van der Waals surface area contributed by atoms with Crippen LogP contribution in [0, 0.1) is 0 Å². The van der Waals surface area contributed by atoms with Crippen LogP contribution in [0.5, 0.6) is 0 Å². The van der Waals surface area contributed by atoms with E-state index < -0.39 is 6.10 Å². The van der Waals surface area contributed by atoms with E-state index in [2.05, 4.69) is 57.2 Å². The lowest BCUT2D eigenvalue weighted by molar-refractivity contribution is -0.167. The van der Waals surface area contributed by atoms with Crippen molar-refractivity contribution in [1.29, 1.82) is 0 Å². The third-order valence-corrected chi connectivity index (χ3v) is 15.1. The predicted octanol–water partition coefficient (Wildman–Crippen LogP) is 22.8. The lowest BCUT2D eigenvalue weighted by Crippen LogP contribution is -2.30. The summed E-state index contributed by atoms with van der Waals surface area (Å²) in [6.07, 6.45) is 78.9. The summed E-state index contributed by atoms with van der Waals surface area (Å²) < 4.78 is 16.9. The van der Waals surface area contributed by atoms with Crippen LogP contribution in [0.25, 0.3) is 0 Å². The zero-order chi connectivity index (χ0) is 54.3. The quantitative estimate of drug-likeness (QED) is 0.0261. The Balaban J connectivity index is 4.17. The smallest absolute Gasteiger partial charge is 0.306 e. The molecule has 0 rings (SSSR count). The molecule has 0 bridgehead atoms. The first kappa shape index (κ1) is 72.6. The summed E-state index contributed by atoms with van der Waals surface area (Å²) in [6.45, 7) is 6.64. The number of esters is 3. The van der Waals surface area contributed by atoms with Gasteiger partial charge in [-0.3, -0.25) is 14.4 Å². The molecule has 0 aromatic heterocycles. The third kappa shape index (κ3) is 62.4. The largest absolute Gasteiger partial charge is 0.462 e. The molecule has 0 amide bonds. The van der Waals surface area contributed by atoms with Crippen LogP contribution < -0.4 is 0 Å². The number of unbranched alkanes of at least 4 members (excludes halogenated alkanes) is 45. The van der Waals surface area contributed by atoms with Gasteiger partial charge in [0.2, 0.25) is 0 Å². The van der Waals surface area contributed by atoms with Crippen molar-refractivity contribution in [2.75, 3.05) is 13.2 Å². The molecule has 440 valence electrons. The molecular formula is C69H128O6. The summed E-state index contributed by atoms with van der Waals surface area (Å²) in [7, 11) is 0. The Hall–Kier alpha value is -2.37. The molecule has 0 saturated carbocycles. The number of hydrogen-bond donors (Lipinski definition) is 0. The van der Waals surface area contributed by atoms with Crippen molar-refractivity contribution in [3.05, 3.63) is 36.5 Å². The molecule has 0 aliphatic carbocycles. The van der Waals surface area contributed by atoms with Gasteiger partial charge >= 0.3 is 17.9 Å². The fourth-order valence-electron chi connectivity index (χ4n) is 10.1. The fourth-order valence-corrected chi connectivity index (χ4v) is 10.1. The second kappa shape index (κ2) is 64.2. The SMILES string of the molecule is CCCCC/C=C\C/C=C\CCCCCCCCCC(=O)OC(COC(=O)CCCCCCC/C=C\CCCCC)COC(=O)CCCCCCCCCCCCCCCCCCCCCCCCCCCCCC. The molecule has 0 radical (unpaired) electrons. The molecule has 0 spiro atoms. The minimum atomic E-state index is -0.778. The summed E-state index contributed by atoms with van der Waals surface area (Å²) in [4.78, 5) is 38.3. The lowest BCUT2D eigenvalue weighted by Gasteiger charge is -2.18. The molecule has 0 heterocycles. The van der Waals surface area contributed by atoms with Crippen molar-refractivity contribution in [1.82, 2.24) is 0 Å². The molecule has 75 heavy (non-hydrogen) atoms. The molecule has 6 nitrogen and oxygen atoms in total. The van der Waals surface area contributed by atoms with Crippen molar-refractivity contribution >= 4 is 17.9 Å². The Kier molecular flexibility index (Phi) is 62.1. The van der Waals surface area contributed by atoms with Crippen LogP contribution in [0.2, 0.25) is 0 Å². The summed E-state index contributed by atoms with van der Waals surface area (Å²) >= 11 is 0. The Morgan fingerprint density at radius 1 is 0.267 bits per heavy atom. The normalized spacial score (nSPS) is 12.2. The van der Waals surface area contributed by atoms with Crippen LogP contribution in [0.15, 0.2) is 36.5 Å². The van der Waals surface area contributed by atoms with Gasteiger partial charge in [0.1, 0.15) is 13.2 Å². The van der Waals surface area contributed by atoms with Gasteiger partial charge in [0.25, 0.3) is 0 Å². The fraction of sp³-hybridized carbons (Fsp3) is 0.870. The van der Waals surface area contributed by atoms with Crippen LogP contribution in [-0.4, -0.2) is 37.2 Å². The van der Waals surface area contributed by atoms with E-state index in [1.54, 1.807) is 0 Å².